The zero-order valence-electron chi connectivity index (χ0n) is 7.12. The van der Waals surface area contributed by atoms with E-state index in [1.54, 1.807) is 11.7 Å². The van der Waals surface area contributed by atoms with Gasteiger partial charge in [0.1, 0.15) is 0 Å². The first-order valence-electron chi connectivity index (χ1n) is 4.07. The number of aromatic carboxylic acids is 1. The third kappa shape index (κ3) is 1.37. The first kappa shape index (κ1) is 8.74. The summed E-state index contributed by atoms with van der Waals surface area (Å²) in [6.45, 7) is 0. The van der Waals surface area contributed by atoms with Crippen LogP contribution in [0.15, 0.2) is 4.47 Å². The maximum atomic E-state index is 10.7. The van der Waals surface area contributed by atoms with E-state index >= 15 is 0 Å². The zero-order chi connectivity index (χ0) is 9.59. The molecule has 2 rings (SSSR count). The molecule has 4 nitrogen and oxygen atoms in total. The SMILES string of the molecule is Cn1nc(C(=O)O)c(Br)c1C1CC1. The molecule has 0 bridgehead atoms. The van der Waals surface area contributed by atoms with Gasteiger partial charge < -0.3 is 5.11 Å². The largest absolute Gasteiger partial charge is 0.476 e. The van der Waals surface area contributed by atoms with Gasteiger partial charge in [-0.15, -0.1) is 0 Å². The Bertz CT molecular complexity index is 368. The molecule has 13 heavy (non-hydrogen) atoms. The molecule has 1 aromatic heterocycles. The summed E-state index contributed by atoms with van der Waals surface area (Å²) in [6.07, 6.45) is 2.27. The Morgan fingerprint density at radius 2 is 2.31 bits per heavy atom. The number of hydrogen-bond donors (Lipinski definition) is 1. The van der Waals surface area contributed by atoms with Crippen molar-refractivity contribution in [1.82, 2.24) is 9.78 Å². The second-order valence-electron chi connectivity index (χ2n) is 3.25. The average Bonchev–Trinajstić information content (AvgIpc) is 2.80. The van der Waals surface area contributed by atoms with Crippen molar-refractivity contribution in [3.8, 4) is 0 Å². The Hall–Kier alpha value is -0.840. The van der Waals surface area contributed by atoms with Gasteiger partial charge in [0.2, 0.25) is 0 Å². The molecule has 0 amide bonds. The Morgan fingerprint density at radius 1 is 1.69 bits per heavy atom. The number of rotatable bonds is 2. The highest BCUT2D eigenvalue weighted by Crippen LogP contribution is 2.43. The van der Waals surface area contributed by atoms with E-state index in [0.717, 1.165) is 18.5 Å². The standard InChI is InChI=1S/C8H9BrN2O2/c1-11-7(4-2-3-4)5(9)6(10-11)8(12)13/h4H,2-3H2,1H3,(H,12,13). The van der Waals surface area contributed by atoms with Gasteiger partial charge in [0.15, 0.2) is 5.69 Å². The molecule has 1 fully saturated rings. The first-order chi connectivity index (χ1) is 6.11. The van der Waals surface area contributed by atoms with Gasteiger partial charge in [-0.3, -0.25) is 4.68 Å². The molecule has 70 valence electrons. The van der Waals surface area contributed by atoms with E-state index in [9.17, 15) is 4.79 Å². The smallest absolute Gasteiger partial charge is 0.357 e. The summed E-state index contributed by atoms with van der Waals surface area (Å²) < 4.78 is 2.30. The quantitative estimate of drug-likeness (QED) is 0.863. The number of carboxylic acid groups (broad SMARTS) is 1. The van der Waals surface area contributed by atoms with Crippen LogP contribution in [0.1, 0.15) is 34.9 Å². The van der Waals surface area contributed by atoms with Gasteiger partial charge >= 0.3 is 5.97 Å². The topological polar surface area (TPSA) is 55.1 Å². The van der Waals surface area contributed by atoms with Gasteiger partial charge in [-0.25, -0.2) is 4.79 Å². The van der Waals surface area contributed by atoms with Crippen LogP contribution in [0.3, 0.4) is 0 Å². The number of aryl methyl sites for hydroxylation is 1. The highest BCUT2D eigenvalue weighted by Gasteiger charge is 2.32. The Labute approximate surface area is 83.7 Å². The number of hydrogen-bond acceptors (Lipinski definition) is 2. The fraction of sp³-hybridized carbons (Fsp3) is 0.500. The molecule has 0 spiro atoms. The minimum Gasteiger partial charge on any atom is -0.476 e. The van der Waals surface area contributed by atoms with Gasteiger partial charge in [0, 0.05) is 13.0 Å². The van der Waals surface area contributed by atoms with E-state index in [-0.39, 0.29) is 5.69 Å². The van der Waals surface area contributed by atoms with Crippen LogP contribution >= 0.6 is 15.9 Å². The van der Waals surface area contributed by atoms with Crippen LogP contribution in [0.25, 0.3) is 0 Å². The van der Waals surface area contributed by atoms with Gasteiger partial charge in [-0.1, -0.05) is 0 Å². The van der Waals surface area contributed by atoms with Crippen molar-refractivity contribution in [1.29, 1.82) is 0 Å². The first-order valence-corrected chi connectivity index (χ1v) is 4.86. The van der Waals surface area contributed by atoms with Crippen LogP contribution < -0.4 is 0 Å². The zero-order valence-corrected chi connectivity index (χ0v) is 8.71. The Morgan fingerprint density at radius 3 is 2.69 bits per heavy atom. The lowest BCUT2D eigenvalue weighted by Gasteiger charge is -1.97. The normalized spacial score (nSPS) is 16.2. The van der Waals surface area contributed by atoms with E-state index in [1.165, 1.54) is 0 Å². The van der Waals surface area contributed by atoms with Crippen molar-refractivity contribution in [3.05, 3.63) is 15.9 Å². The Kier molecular flexibility index (Phi) is 1.91. The summed E-state index contributed by atoms with van der Waals surface area (Å²) in [5, 5.41) is 12.7. The van der Waals surface area contributed by atoms with Crippen molar-refractivity contribution in [2.75, 3.05) is 0 Å². The highest BCUT2D eigenvalue weighted by atomic mass is 79.9. The second kappa shape index (κ2) is 2.83. The van der Waals surface area contributed by atoms with Crippen LogP contribution in [0.5, 0.6) is 0 Å². The lowest BCUT2D eigenvalue weighted by molar-refractivity contribution is 0.0688. The second-order valence-corrected chi connectivity index (χ2v) is 4.04. The summed E-state index contributed by atoms with van der Waals surface area (Å²) in [6, 6.07) is 0. The van der Waals surface area contributed by atoms with Gasteiger partial charge in [-0.2, -0.15) is 5.10 Å². The molecule has 0 aromatic carbocycles. The van der Waals surface area contributed by atoms with Crippen LogP contribution in [0.4, 0.5) is 0 Å². The molecule has 5 heteroatoms. The van der Waals surface area contributed by atoms with E-state index in [2.05, 4.69) is 21.0 Å². The fourth-order valence-corrected chi connectivity index (χ4v) is 2.28. The van der Waals surface area contributed by atoms with Crippen LogP contribution in [-0.4, -0.2) is 20.9 Å². The molecule has 0 radical (unpaired) electrons. The summed E-state index contributed by atoms with van der Waals surface area (Å²) >= 11 is 3.28. The molecule has 1 saturated carbocycles. The van der Waals surface area contributed by atoms with E-state index in [4.69, 9.17) is 5.11 Å². The molecular weight excluding hydrogens is 236 g/mol. The maximum Gasteiger partial charge on any atom is 0.357 e. The Balaban J connectivity index is 2.50. The summed E-state index contributed by atoms with van der Waals surface area (Å²) in [5.74, 6) is -0.477. The molecule has 1 N–H and O–H groups in total. The average molecular weight is 245 g/mol. The summed E-state index contributed by atoms with van der Waals surface area (Å²) in [5.41, 5.74) is 1.13. The van der Waals surface area contributed by atoms with Crippen LogP contribution in [-0.2, 0) is 7.05 Å². The molecule has 1 aromatic rings. The van der Waals surface area contributed by atoms with Crippen LogP contribution in [0, 0.1) is 0 Å². The van der Waals surface area contributed by atoms with E-state index in [0.29, 0.717) is 10.4 Å². The number of halogens is 1. The number of carboxylic acids is 1. The molecule has 1 aliphatic rings. The van der Waals surface area contributed by atoms with Crippen molar-refractivity contribution in [2.24, 2.45) is 7.05 Å². The van der Waals surface area contributed by atoms with Crippen molar-refractivity contribution >= 4 is 21.9 Å². The monoisotopic (exact) mass is 244 g/mol. The summed E-state index contributed by atoms with van der Waals surface area (Å²) in [4.78, 5) is 10.7. The van der Waals surface area contributed by atoms with E-state index in [1.807, 2.05) is 0 Å². The summed E-state index contributed by atoms with van der Waals surface area (Å²) in [7, 11) is 1.78. The third-order valence-electron chi connectivity index (χ3n) is 2.20. The highest BCUT2D eigenvalue weighted by molar-refractivity contribution is 9.10. The molecule has 1 heterocycles. The number of carbonyl (C=O) groups is 1. The molecule has 0 aliphatic heterocycles. The van der Waals surface area contributed by atoms with Crippen molar-refractivity contribution in [2.45, 2.75) is 18.8 Å². The van der Waals surface area contributed by atoms with Gasteiger partial charge in [-0.05, 0) is 28.8 Å². The number of nitrogens with zero attached hydrogens (tertiary/aromatic N) is 2. The predicted molar refractivity (Wildman–Crippen MR) is 49.8 cm³/mol. The molecule has 1 aliphatic carbocycles. The molecule has 0 unspecified atom stereocenters. The van der Waals surface area contributed by atoms with Gasteiger partial charge in [0.25, 0.3) is 0 Å². The third-order valence-corrected chi connectivity index (χ3v) is 2.98. The van der Waals surface area contributed by atoms with Gasteiger partial charge in [0.05, 0.1) is 10.2 Å². The minimum atomic E-state index is -0.977. The van der Waals surface area contributed by atoms with Crippen molar-refractivity contribution < 1.29 is 9.90 Å². The van der Waals surface area contributed by atoms with Crippen molar-refractivity contribution in [3.63, 3.8) is 0 Å². The number of aromatic nitrogens is 2. The molecular formula is C8H9BrN2O2. The maximum absolute atomic E-state index is 10.7. The van der Waals surface area contributed by atoms with E-state index < -0.39 is 5.97 Å². The van der Waals surface area contributed by atoms with Crippen LogP contribution in [0.2, 0.25) is 0 Å². The lowest BCUT2D eigenvalue weighted by atomic mass is 10.2. The molecule has 0 atom stereocenters. The molecule has 0 saturated heterocycles. The fourth-order valence-electron chi connectivity index (χ4n) is 1.45. The minimum absolute atomic E-state index is 0.115. The lowest BCUT2D eigenvalue weighted by Crippen LogP contribution is -1.99. The predicted octanol–water partition coefficient (Wildman–Crippen LogP) is 1.76.